The van der Waals surface area contributed by atoms with Gasteiger partial charge in [0.1, 0.15) is 0 Å². The van der Waals surface area contributed by atoms with E-state index in [4.69, 9.17) is 11.5 Å². The van der Waals surface area contributed by atoms with Gasteiger partial charge in [0.25, 0.3) is 5.56 Å². The van der Waals surface area contributed by atoms with E-state index in [0.717, 1.165) is 47.0 Å². The molecule has 8 heteroatoms. The zero-order chi connectivity index (χ0) is 22.5. The lowest BCUT2D eigenvalue weighted by molar-refractivity contribution is 0.687. The SMILES string of the molecule is NC(N)=NCCCCCc1ccc(-c2cn3cc(-c4ccc(Br)cc4)nc3[nH]c2=O)cc1. The minimum Gasteiger partial charge on any atom is -0.370 e. The number of halogens is 1. The molecule has 0 unspecified atom stereocenters. The summed E-state index contributed by atoms with van der Waals surface area (Å²) in [6.07, 6.45) is 7.85. The van der Waals surface area contributed by atoms with E-state index < -0.39 is 0 Å². The molecule has 2 aromatic carbocycles. The number of nitrogens with two attached hydrogens (primary N) is 2. The third-order valence-corrected chi connectivity index (χ3v) is 5.82. The highest BCUT2D eigenvalue weighted by Crippen LogP contribution is 2.22. The minimum absolute atomic E-state index is 0.147. The summed E-state index contributed by atoms with van der Waals surface area (Å²) in [5.41, 5.74) is 15.0. The Labute approximate surface area is 194 Å². The number of hydrogen-bond donors (Lipinski definition) is 3. The van der Waals surface area contributed by atoms with Gasteiger partial charge in [0.2, 0.25) is 5.78 Å². The fourth-order valence-electron chi connectivity index (χ4n) is 3.59. The molecule has 0 radical (unpaired) electrons. The molecule has 0 fully saturated rings. The van der Waals surface area contributed by atoms with E-state index in [1.165, 1.54) is 5.56 Å². The second kappa shape index (κ2) is 9.82. The molecule has 32 heavy (non-hydrogen) atoms. The van der Waals surface area contributed by atoms with Crippen LogP contribution in [0.2, 0.25) is 0 Å². The summed E-state index contributed by atoms with van der Waals surface area (Å²) >= 11 is 3.44. The fraction of sp³-hybridized carbons (Fsp3) is 0.208. The highest BCUT2D eigenvalue weighted by atomic mass is 79.9. The molecule has 0 amide bonds. The molecule has 0 saturated heterocycles. The molecule has 4 rings (SSSR count). The minimum atomic E-state index is -0.155. The number of aliphatic imine (C=N–C) groups is 1. The van der Waals surface area contributed by atoms with E-state index >= 15 is 0 Å². The van der Waals surface area contributed by atoms with Crippen molar-refractivity contribution in [3.05, 3.63) is 81.3 Å². The van der Waals surface area contributed by atoms with Gasteiger partial charge in [-0.25, -0.2) is 4.98 Å². The largest absolute Gasteiger partial charge is 0.370 e. The van der Waals surface area contributed by atoms with Crippen LogP contribution in [0.3, 0.4) is 0 Å². The van der Waals surface area contributed by atoms with E-state index in [-0.39, 0.29) is 11.5 Å². The van der Waals surface area contributed by atoms with Crippen LogP contribution in [0.25, 0.3) is 28.2 Å². The quantitative estimate of drug-likeness (QED) is 0.195. The summed E-state index contributed by atoms with van der Waals surface area (Å²) in [5.74, 6) is 0.669. The molecule has 5 N–H and O–H groups in total. The van der Waals surface area contributed by atoms with Crippen LogP contribution in [-0.2, 0) is 6.42 Å². The number of hydrogen-bond acceptors (Lipinski definition) is 3. The van der Waals surface area contributed by atoms with Crippen molar-refractivity contribution in [1.29, 1.82) is 0 Å². The molecule has 0 bridgehead atoms. The van der Waals surface area contributed by atoms with Crippen LogP contribution < -0.4 is 17.0 Å². The first-order valence-corrected chi connectivity index (χ1v) is 11.3. The predicted molar refractivity (Wildman–Crippen MR) is 133 cm³/mol. The Morgan fingerprint density at radius 3 is 2.41 bits per heavy atom. The molecule has 0 spiro atoms. The average Bonchev–Trinajstić information content (AvgIpc) is 3.19. The standard InChI is InChI=1S/C24H25BrN6O/c25-19-11-9-18(10-12-19)21-15-31-14-20(22(32)30-24(31)29-21)17-7-5-16(6-8-17)4-2-1-3-13-28-23(26)27/h5-12,14-15H,1-4,13H2,(H4,26,27,28)(H,29,30,32). The maximum absolute atomic E-state index is 12.7. The number of nitrogens with zero attached hydrogens (tertiary/aromatic N) is 3. The third kappa shape index (κ3) is 5.26. The zero-order valence-electron chi connectivity index (χ0n) is 17.6. The van der Waals surface area contributed by atoms with Crippen molar-refractivity contribution in [1.82, 2.24) is 14.4 Å². The molecular formula is C24H25BrN6O. The van der Waals surface area contributed by atoms with Crippen LogP contribution in [0.4, 0.5) is 0 Å². The van der Waals surface area contributed by atoms with E-state index in [1.54, 1.807) is 0 Å². The lowest BCUT2D eigenvalue weighted by Crippen LogP contribution is -2.22. The van der Waals surface area contributed by atoms with E-state index in [1.807, 2.05) is 53.2 Å². The number of H-pyrrole nitrogens is 1. The molecule has 0 saturated carbocycles. The number of aromatic nitrogens is 3. The smallest absolute Gasteiger partial charge is 0.260 e. The summed E-state index contributed by atoms with van der Waals surface area (Å²) in [6.45, 7) is 0.671. The Hall–Kier alpha value is -3.39. The average molecular weight is 493 g/mol. The molecule has 0 aliphatic carbocycles. The highest BCUT2D eigenvalue weighted by Gasteiger charge is 2.10. The second-order valence-electron chi connectivity index (χ2n) is 7.67. The maximum atomic E-state index is 12.7. The molecule has 2 aromatic heterocycles. The van der Waals surface area contributed by atoms with Gasteiger partial charge in [-0.3, -0.25) is 19.2 Å². The van der Waals surface area contributed by atoms with Gasteiger partial charge in [-0.2, -0.15) is 0 Å². The summed E-state index contributed by atoms with van der Waals surface area (Å²) in [7, 11) is 0. The summed E-state index contributed by atoms with van der Waals surface area (Å²) in [5, 5.41) is 0. The first kappa shape index (κ1) is 21.8. The van der Waals surface area contributed by atoms with Gasteiger partial charge in [-0.1, -0.05) is 58.7 Å². The Kier molecular flexibility index (Phi) is 6.70. The lowest BCUT2D eigenvalue weighted by Gasteiger charge is -2.05. The first-order chi connectivity index (χ1) is 15.5. The molecule has 4 aromatic rings. The van der Waals surface area contributed by atoms with E-state index in [0.29, 0.717) is 17.9 Å². The number of aromatic amines is 1. The summed E-state index contributed by atoms with van der Waals surface area (Å²) in [6, 6.07) is 16.1. The molecule has 0 aliphatic rings. The number of fused-ring (bicyclic) bond motifs is 1. The number of guanidine groups is 1. The number of unbranched alkanes of at least 4 members (excludes halogenated alkanes) is 2. The number of aryl methyl sites for hydroxylation is 1. The molecule has 7 nitrogen and oxygen atoms in total. The monoisotopic (exact) mass is 492 g/mol. The van der Waals surface area contributed by atoms with Gasteiger partial charge in [0.05, 0.1) is 11.3 Å². The van der Waals surface area contributed by atoms with Crippen LogP contribution >= 0.6 is 15.9 Å². The molecule has 2 heterocycles. The van der Waals surface area contributed by atoms with Crippen LogP contribution in [0.15, 0.2) is 75.2 Å². The Morgan fingerprint density at radius 1 is 0.969 bits per heavy atom. The van der Waals surface area contributed by atoms with Gasteiger partial charge in [0.15, 0.2) is 5.96 Å². The van der Waals surface area contributed by atoms with Crippen molar-refractivity contribution >= 4 is 27.7 Å². The highest BCUT2D eigenvalue weighted by molar-refractivity contribution is 9.10. The molecular weight excluding hydrogens is 468 g/mol. The topological polar surface area (TPSA) is 115 Å². The van der Waals surface area contributed by atoms with Gasteiger partial charge >= 0.3 is 0 Å². The van der Waals surface area contributed by atoms with E-state index in [2.05, 4.69) is 43.0 Å². The van der Waals surface area contributed by atoms with Crippen molar-refractivity contribution < 1.29 is 0 Å². The Bertz CT molecular complexity index is 1290. The molecule has 0 aliphatic heterocycles. The fourth-order valence-corrected chi connectivity index (χ4v) is 3.86. The van der Waals surface area contributed by atoms with Crippen molar-refractivity contribution in [2.24, 2.45) is 16.5 Å². The van der Waals surface area contributed by atoms with Crippen molar-refractivity contribution in [3.63, 3.8) is 0 Å². The maximum Gasteiger partial charge on any atom is 0.260 e. The van der Waals surface area contributed by atoms with E-state index in [9.17, 15) is 4.79 Å². The number of benzene rings is 2. The van der Waals surface area contributed by atoms with Crippen molar-refractivity contribution in [2.75, 3.05) is 6.54 Å². The normalized spacial score (nSPS) is 11.0. The van der Waals surface area contributed by atoms with Crippen LogP contribution in [0.5, 0.6) is 0 Å². The number of nitrogens with one attached hydrogen (secondary N) is 1. The first-order valence-electron chi connectivity index (χ1n) is 10.5. The Morgan fingerprint density at radius 2 is 1.69 bits per heavy atom. The predicted octanol–water partition coefficient (Wildman–Crippen LogP) is 4.11. The van der Waals surface area contributed by atoms with Gasteiger partial charge in [-0.15, -0.1) is 0 Å². The van der Waals surface area contributed by atoms with Crippen LogP contribution in [0, 0.1) is 0 Å². The number of imidazole rings is 1. The third-order valence-electron chi connectivity index (χ3n) is 5.29. The summed E-state index contributed by atoms with van der Waals surface area (Å²) in [4.78, 5) is 24.1. The van der Waals surface area contributed by atoms with Gasteiger partial charge in [-0.05, 0) is 42.5 Å². The van der Waals surface area contributed by atoms with Crippen molar-refractivity contribution in [2.45, 2.75) is 25.7 Å². The lowest BCUT2D eigenvalue weighted by atomic mass is 10.0. The number of rotatable bonds is 8. The summed E-state index contributed by atoms with van der Waals surface area (Å²) < 4.78 is 2.87. The molecule has 164 valence electrons. The van der Waals surface area contributed by atoms with Gasteiger partial charge in [0, 0.05) is 29.0 Å². The van der Waals surface area contributed by atoms with Crippen LogP contribution in [-0.4, -0.2) is 26.9 Å². The Balaban J connectivity index is 1.47. The second-order valence-corrected chi connectivity index (χ2v) is 8.59. The van der Waals surface area contributed by atoms with Crippen molar-refractivity contribution in [3.8, 4) is 22.4 Å². The molecule has 0 atom stereocenters. The van der Waals surface area contributed by atoms with Gasteiger partial charge < -0.3 is 11.5 Å². The van der Waals surface area contributed by atoms with Crippen LogP contribution in [0.1, 0.15) is 24.8 Å². The zero-order valence-corrected chi connectivity index (χ0v) is 19.2.